The summed E-state index contributed by atoms with van der Waals surface area (Å²) in [7, 11) is 0. The van der Waals surface area contributed by atoms with Crippen LogP contribution in [0.4, 0.5) is 0 Å². The van der Waals surface area contributed by atoms with Gasteiger partial charge in [0, 0.05) is 25.9 Å². The molecule has 0 aromatic rings. The van der Waals surface area contributed by atoms with Crippen LogP contribution < -0.4 is 0 Å². The predicted octanol–water partition coefficient (Wildman–Crippen LogP) is 7.93. The van der Waals surface area contributed by atoms with Crippen LogP contribution in [0.2, 0.25) is 0 Å². The van der Waals surface area contributed by atoms with Crippen molar-refractivity contribution in [3.05, 3.63) is 0 Å². The number of hydrogen-bond acceptors (Lipinski definition) is 3. The number of nitrogens with zero attached hydrogens (tertiary/aromatic N) is 2. The van der Waals surface area contributed by atoms with E-state index in [1.807, 2.05) is 0 Å². The summed E-state index contributed by atoms with van der Waals surface area (Å²) in [6.07, 6.45) is 26.7. The van der Waals surface area contributed by atoms with Crippen LogP contribution in [0.25, 0.3) is 0 Å². The molecule has 34 heavy (non-hydrogen) atoms. The standard InChI is InChI=1S/2C15H29NO/c1-2-3-4-5-6-7-8-10-13-16-14-11-9-12-15(16)17;1-2-3-4-5-6-7-8-9-12-16-13-10-11-15(17)14-16/h2*2-14H2,1H3. The molecule has 2 aliphatic heterocycles. The van der Waals surface area contributed by atoms with Gasteiger partial charge < -0.3 is 4.90 Å². The van der Waals surface area contributed by atoms with Gasteiger partial charge in [0.1, 0.15) is 5.78 Å². The Morgan fingerprint density at radius 3 is 1.62 bits per heavy atom. The fourth-order valence-corrected chi connectivity index (χ4v) is 5.10. The maximum Gasteiger partial charge on any atom is 0.222 e. The average molecular weight is 479 g/mol. The highest BCUT2D eigenvalue weighted by Gasteiger charge is 2.17. The van der Waals surface area contributed by atoms with Crippen LogP contribution in [0.3, 0.4) is 0 Å². The van der Waals surface area contributed by atoms with Gasteiger partial charge in [-0.25, -0.2) is 0 Å². The Labute approximate surface area is 212 Å². The molecule has 2 aliphatic rings. The van der Waals surface area contributed by atoms with E-state index < -0.39 is 0 Å². The molecular formula is C30H58N2O2. The lowest BCUT2D eigenvalue weighted by atomic mass is 10.1. The normalized spacial score (nSPS) is 17.1. The van der Waals surface area contributed by atoms with Crippen LogP contribution in [0.1, 0.15) is 149 Å². The molecule has 0 aliphatic carbocycles. The van der Waals surface area contributed by atoms with Gasteiger partial charge in [-0.15, -0.1) is 0 Å². The van der Waals surface area contributed by atoms with E-state index in [4.69, 9.17) is 0 Å². The molecule has 2 fully saturated rings. The van der Waals surface area contributed by atoms with Gasteiger partial charge in [-0.1, -0.05) is 104 Å². The van der Waals surface area contributed by atoms with Crippen LogP contribution in [0, 0.1) is 0 Å². The monoisotopic (exact) mass is 478 g/mol. The Hall–Kier alpha value is -0.900. The zero-order chi connectivity index (χ0) is 24.7. The maximum absolute atomic E-state index is 11.6. The van der Waals surface area contributed by atoms with Gasteiger partial charge in [-0.2, -0.15) is 0 Å². The minimum Gasteiger partial charge on any atom is -0.343 e. The molecule has 0 unspecified atom stereocenters. The van der Waals surface area contributed by atoms with Gasteiger partial charge in [0.25, 0.3) is 0 Å². The molecule has 200 valence electrons. The SMILES string of the molecule is CCCCCCCCCCN1CCCC(=O)C1.CCCCCCCCCCN1CCCCC1=O. The van der Waals surface area contributed by atoms with Crippen molar-refractivity contribution in [3.8, 4) is 0 Å². The summed E-state index contributed by atoms with van der Waals surface area (Å²) in [6, 6.07) is 0. The second-order valence-corrected chi connectivity index (χ2v) is 10.7. The zero-order valence-electron chi connectivity index (χ0n) is 23.1. The topological polar surface area (TPSA) is 40.6 Å². The van der Waals surface area contributed by atoms with E-state index in [-0.39, 0.29) is 0 Å². The summed E-state index contributed by atoms with van der Waals surface area (Å²) < 4.78 is 0. The van der Waals surface area contributed by atoms with Crippen molar-refractivity contribution in [2.75, 3.05) is 32.7 Å². The summed E-state index contributed by atoms with van der Waals surface area (Å²) in [5, 5.41) is 0. The first-order valence-electron chi connectivity index (χ1n) is 15.2. The van der Waals surface area contributed by atoms with Crippen molar-refractivity contribution in [3.63, 3.8) is 0 Å². The molecule has 2 rings (SSSR count). The molecule has 0 spiro atoms. The van der Waals surface area contributed by atoms with Gasteiger partial charge in [0.15, 0.2) is 0 Å². The van der Waals surface area contributed by atoms with E-state index in [0.29, 0.717) is 11.7 Å². The highest BCUT2D eigenvalue weighted by Crippen LogP contribution is 2.13. The van der Waals surface area contributed by atoms with E-state index in [9.17, 15) is 9.59 Å². The third-order valence-corrected chi connectivity index (χ3v) is 7.36. The Morgan fingerprint density at radius 2 is 1.09 bits per heavy atom. The molecular weight excluding hydrogens is 420 g/mol. The molecule has 1 amide bonds. The second-order valence-electron chi connectivity index (χ2n) is 10.7. The van der Waals surface area contributed by atoms with Gasteiger partial charge in [-0.05, 0) is 45.2 Å². The van der Waals surface area contributed by atoms with Crippen LogP contribution in [0.5, 0.6) is 0 Å². The van der Waals surface area contributed by atoms with E-state index >= 15 is 0 Å². The van der Waals surface area contributed by atoms with Gasteiger partial charge in [-0.3, -0.25) is 14.5 Å². The van der Waals surface area contributed by atoms with Gasteiger partial charge in [0.2, 0.25) is 5.91 Å². The Bertz CT molecular complexity index is 494. The third-order valence-electron chi connectivity index (χ3n) is 7.36. The Kier molecular flexibility index (Phi) is 20.7. The lowest BCUT2D eigenvalue weighted by molar-refractivity contribution is -0.133. The second kappa shape index (κ2) is 22.6. The first-order chi connectivity index (χ1) is 16.7. The lowest BCUT2D eigenvalue weighted by Crippen LogP contribution is -2.36. The summed E-state index contributed by atoms with van der Waals surface area (Å²) in [5.74, 6) is 0.829. The van der Waals surface area contributed by atoms with Crippen molar-refractivity contribution in [1.29, 1.82) is 0 Å². The number of ketones is 1. The van der Waals surface area contributed by atoms with E-state index in [1.54, 1.807) is 0 Å². The van der Waals surface area contributed by atoms with Gasteiger partial charge >= 0.3 is 0 Å². The van der Waals surface area contributed by atoms with Crippen LogP contribution in [-0.2, 0) is 9.59 Å². The number of likely N-dealkylation sites (tertiary alicyclic amines) is 2. The Balaban J connectivity index is 0.000000340. The molecule has 0 bridgehead atoms. The number of unbranched alkanes of at least 4 members (excludes halogenated alkanes) is 14. The number of hydrogen-bond donors (Lipinski definition) is 0. The minimum absolute atomic E-state index is 0.388. The van der Waals surface area contributed by atoms with Crippen LogP contribution >= 0.6 is 0 Å². The lowest BCUT2D eigenvalue weighted by Gasteiger charge is -2.26. The van der Waals surface area contributed by atoms with Crippen molar-refractivity contribution in [2.24, 2.45) is 0 Å². The highest BCUT2D eigenvalue weighted by atomic mass is 16.2. The van der Waals surface area contributed by atoms with Crippen LogP contribution in [-0.4, -0.2) is 54.2 Å². The van der Waals surface area contributed by atoms with Crippen molar-refractivity contribution < 1.29 is 9.59 Å². The summed E-state index contributed by atoms with van der Waals surface area (Å²) in [5.41, 5.74) is 0. The minimum atomic E-state index is 0.388. The first kappa shape index (κ1) is 31.1. The largest absolute Gasteiger partial charge is 0.343 e. The number of rotatable bonds is 18. The number of amides is 1. The first-order valence-corrected chi connectivity index (χ1v) is 15.2. The van der Waals surface area contributed by atoms with Crippen molar-refractivity contribution in [2.45, 2.75) is 149 Å². The number of piperidine rings is 2. The van der Waals surface area contributed by atoms with Gasteiger partial charge in [0.05, 0.1) is 6.54 Å². The summed E-state index contributed by atoms with van der Waals surface area (Å²) in [4.78, 5) is 27.2. The fourth-order valence-electron chi connectivity index (χ4n) is 5.10. The number of Topliss-reactive ketones (excluding diaryl/α,β-unsaturated/α-hetero) is 1. The van der Waals surface area contributed by atoms with Crippen LogP contribution in [0.15, 0.2) is 0 Å². The molecule has 2 saturated heterocycles. The molecule has 0 saturated carbocycles. The molecule has 0 aromatic heterocycles. The van der Waals surface area contributed by atoms with Crippen molar-refractivity contribution >= 4 is 11.7 Å². The molecule has 4 heteroatoms. The molecule has 0 atom stereocenters. The maximum atomic E-state index is 11.6. The predicted molar refractivity (Wildman–Crippen MR) is 146 cm³/mol. The fraction of sp³-hybridized carbons (Fsp3) is 0.933. The number of carbonyl (C=O) groups excluding carboxylic acids is 2. The zero-order valence-corrected chi connectivity index (χ0v) is 23.1. The quantitative estimate of drug-likeness (QED) is 0.188. The average Bonchev–Trinajstić information content (AvgIpc) is 2.84. The molecule has 0 aromatic carbocycles. The van der Waals surface area contributed by atoms with E-state index in [0.717, 1.165) is 58.4 Å². The Morgan fingerprint density at radius 1 is 0.559 bits per heavy atom. The van der Waals surface area contributed by atoms with E-state index in [2.05, 4.69) is 23.6 Å². The van der Waals surface area contributed by atoms with E-state index in [1.165, 1.54) is 109 Å². The third kappa shape index (κ3) is 17.5. The smallest absolute Gasteiger partial charge is 0.222 e. The molecule has 0 N–H and O–H groups in total. The molecule has 0 radical (unpaired) electrons. The molecule has 4 nitrogen and oxygen atoms in total. The number of carbonyl (C=O) groups is 2. The summed E-state index contributed by atoms with van der Waals surface area (Å²) >= 11 is 0. The highest BCUT2D eigenvalue weighted by molar-refractivity contribution is 5.81. The van der Waals surface area contributed by atoms with Crippen molar-refractivity contribution in [1.82, 2.24) is 9.80 Å². The summed E-state index contributed by atoms with van der Waals surface area (Å²) in [6.45, 7) is 9.54. The molecule has 2 heterocycles.